The van der Waals surface area contributed by atoms with E-state index in [1.165, 1.54) is 11.3 Å². The number of nitrogens with one attached hydrogen (secondary N) is 1. The molecular formula is C23H23N3O5S. The lowest BCUT2D eigenvalue weighted by atomic mass is 10.1. The quantitative estimate of drug-likeness (QED) is 0.525. The summed E-state index contributed by atoms with van der Waals surface area (Å²) in [5, 5.41) is 7.32. The minimum Gasteiger partial charge on any atom is -0.462 e. The smallest absolute Gasteiger partial charge is 0.341 e. The molecular weight excluding hydrogens is 430 g/mol. The fourth-order valence-electron chi connectivity index (χ4n) is 3.62. The molecule has 0 spiro atoms. The normalized spacial score (nSPS) is 12.3. The van der Waals surface area contributed by atoms with Crippen LogP contribution in [0.25, 0.3) is 0 Å². The predicted molar refractivity (Wildman–Crippen MR) is 119 cm³/mol. The summed E-state index contributed by atoms with van der Waals surface area (Å²) in [7, 11) is 0. The van der Waals surface area contributed by atoms with Crippen LogP contribution in [0.15, 0.2) is 42.7 Å². The van der Waals surface area contributed by atoms with Crippen LogP contribution in [0.1, 0.15) is 50.1 Å². The highest BCUT2D eigenvalue weighted by molar-refractivity contribution is 7.17. The molecule has 1 N–H and O–H groups in total. The van der Waals surface area contributed by atoms with Crippen molar-refractivity contribution < 1.29 is 23.9 Å². The Morgan fingerprint density at radius 1 is 1.12 bits per heavy atom. The maximum absolute atomic E-state index is 12.4. The van der Waals surface area contributed by atoms with Crippen LogP contribution < -0.4 is 5.32 Å². The molecule has 0 saturated carbocycles. The Labute approximate surface area is 189 Å². The molecule has 0 atom stereocenters. The third-order valence-corrected chi connectivity index (χ3v) is 6.29. The summed E-state index contributed by atoms with van der Waals surface area (Å²) in [6.45, 7) is 2.15. The molecule has 1 amide bonds. The van der Waals surface area contributed by atoms with Crippen molar-refractivity contribution in [1.82, 2.24) is 9.78 Å². The summed E-state index contributed by atoms with van der Waals surface area (Å²) in [5.41, 5.74) is 2.72. The van der Waals surface area contributed by atoms with Gasteiger partial charge in [0.05, 0.1) is 24.3 Å². The number of hydrogen-bond donors (Lipinski definition) is 1. The number of ether oxygens (including phenoxy) is 2. The number of aromatic nitrogens is 2. The zero-order valence-corrected chi connectivity index (χ0v) is 18.4. The molecule has 1 aliphatic carbocycles. The van der Waals surface area contributed by atoms with Crippen LogP contribution in [-0.2, 0) is 33.7 Å². The average molecular weight is 454 g/mol. The molecule has 0 aliphatic heterocycles. The lowest BCUT2D eigenvalue weighted by Gasteiger charge is -2.09. The highest BCUT2D eigenvalue weighted by Crippen LogP contribution is 2.39. The topological polar surface area (TPSA) is 99.5 Å². The van der Waals surface area contributed by atoms with Crippen molar-refractivity contribution >= 4 is 34.2 Å². The summed E-state index contributed by atoms with van der Waals surface area (Å²) < 4.78 is 12.1. The number of rotatable bonds is 8. The van der Waals surface area contributed by atoms with Gasteiger partial charge in [-0.2, -0.15) is 5.10 Å². The molecule has 0 fully saturated rings. The second kappa shape index (κ2) is 9.78. The zero-order valence-electron chi connectivity index (χ0n) is 17.6. The van der Waals surface area contributed by atoms with Crippen LogP contribution in [-0.4, -0.2) is 40.8 Å². The Kier molecular flexibility index (Phi) is 6.65. The van der Waals surface area contributed by atoms with E-state index >= 15 is 0 Å². The Balaban J connectivity index is 1.34. The van der Waals surface area contributed by atoms with E-state index in [2.05, 4.69) is 10.4 Å². The molecule has 0 radical (unpaired) electrons. The van der Waals surface area contributed by atoms with Gasteiger partial charge in [-0.3, -0.25) is 9.48 Å². The summed E-state index contributed by atoms with van der Waals surface area (Å²) in [6.07, 6.45) is 6.22. The van der Waals surface area contributed by atoms with Gasteiger partial charge in [0.1, 0.15) is 5.00 Å². The van der Waals surface area contributed by atoms with E-state index < -0.39 is 24.5 Å². The first-order valence-corrected chi connectivity index (χ1v) is 11.2. The number of carbonyl (C=O) groups excluding carboxylic acids is 3. The van der Waals surface area contributed by atoms with E-state index in [1.807, 2.05) is 24.4 Å². The standard InChI is InChI=1S/C23H23N3O5S/c1-2-30-23(29)20-17-5-3-6-18(17)32-21(20)25-19(27)14-31-22(28)16-9-7-15(8-10-16)13-26-12-4-11-24-26/h4,7-12H,2-3,5-6,13-14H2,1H3,(H,25,27). The summed E-state index contributed by atoms with van der Waals surface area (Å²) >= 11 is 1.38. The maximum atomic E-state index is 12.4. The molecule has 9 heteroatoms. The number of amides is 1. The van der Waals surface area contributed by atoms with Crippen LogP contribution in [0.5, 0.6) is 0 Å². The van der Waals surface area contributed by atoms with Gasteiger partial charge >= 0.3 is 11.9 Å². The largest absolute Gasteiger partial charge is 0.462 e. The highest BCUT2D eigenvalue weighted by Gasteiger charge is 2.28. The fraction of sp³-hybridized carbons (Fsp3) is 0.304. The number of hydrogen-bond acceptors (Lipinski definition) is 7. The Morgan fingerprint density at radius 2 is 1.94 bits per heavy atom. The maximum Gasteiger partial charge on any atom is 0.341 e. The van der Waals surface area contributed by atoms with Gasteiger partial charge in [-0.25, -0.2) is 9.59 Å². The third-order valence-electron chi connectivity index (χ3n) is 5.08. The van der Waals surface area contributed by atoms with Crippen LogP contribution in [0, 0.1) is 0 Å². The van der Waals surface area contributed by atoms with Crippen molar-refractivity contribution in [3.63, 3.8) is 0 Å². The van der Waals surface area contributed by atoms with E-state index in [9.17, 15) is 14.4 Å². The Hall–Kier alpha value is -3.46. The van der Waals surface area contributed by atoms with E-state index in [0.29, 0.717) is 22.7 Å². The first kappa shape index (κ1) is 21.8. The highest BCUT2D eigenvalue weighted by atomic mass is 32.1. The van der Waals surface area contributed by atoms with Crippen molar-refractivity contribution in [2.24, 2.45) is 0 Å². The third kappa shape index (κ3) is 4.88. The van der Waals surface area contributed by atoms with Gasteiger partial charge in [0.15, 0.2) is 6.61 Å². The number of nitrogens with zero attached hydrogens (tertiary/aromatic N) is 2. The molecule has 0 unspecified atom stereocenters. The lowest BCUT2D eigenvalue weighted by Crippen LogP contribution is -2.22. The first-order valence-electron chi connectivity index (χ1n) is 10.4. The van der Waals surface area contributed by atoms with Gasteiger partial charge in [-0.05, 0) is 55.5 Å². The summed E-state index contributed by atoms with van der Waals surface area (Å²) in [6, 6.07) is 8.79. The average Bonchev–Trinajstić information content (AvgIpc) is 3.51. The number of thiophene rings is 1. The molecule has 0 saturated heterocycles. The predicted octanol–water partition coefficient (Wildman–Crippen LogP) is 3.45. The van der Waals surface area contributed by atoms with E-state index in [-0.39, 0.29) is 6.61 Å². The van der Waals surface area contributed by atoms with Gasteiger partial charge in [-0.1, -0.05) is 12.1 Å². The monoisotopic (exact) mass is 453 g/mol. The number of esters is 2. The minimum atomic E-state index is -0.593. The molecule has 2 heterocycles. The number of fused-ring (bicyclic) bond motifs is 1. The number of carbonyl (C=O) groups is 3. The van der Waals surface area contributed by atoms with Crippen molar-refractivity contribution in [2.45, 2.75) is 32.7 Å². The Bertz CT molecular complexity index is 1120. The lowest BCUT2D eigenvalue weighted by molar-refractivity contribution is -0.119. The van der Waals surface area contributed by atoms with Gasteiger partial charge in [0, 0.05) is 17.3 Å². The number of aryl methyl sites for hydroxylation is 1. The second-order valence-electron chi connectivity index (χ2n) is 7.31. The fourth-order valence-corrected chi connectivity index (χ4v) is 4.91. The SMILES string of the molecule is CCOC(=O)c1c(NC(=O)COC(=O)c2ccc(Cn3cccn3)cc2)sc2c1CCC2. The minimum absolute atomic E-state index is 0.259. The summed E-state index contributed by atoms with van der Waals surface area (Å²) in [4.78, 5) is 38.2. The van der Waals surface area contributed by atoms with Gasteiger partial charge in [0.25, 0.3) is 5.91 Å². The van der Waals surface area contributed by atoms with Gasteiger partial charge in [-0.15, -0.1) is 11.3 Å². The van der Waals surface area contributed by atoms with Crippen molar-refractivity contribution in [3.05, 3.63) is 69.9 Å². The molecule has 32 heavy (non-hydrogen) atoms. The van der Waals surface area contributed by atoms with Gasteiger partial charge < -0.3 is 14.8 Å². The molecule has 166 valence electrons. The van der Waals surface area contributed by atoms with E-state index in [0.717, 1.165) is 35.3 Å². The Morgan fingerprint density at radius 3 is 2.66 bits per heavy atom. The molecule has 1 aromatic carbocycles. The molecule has 8 nitrogen and oxygen atoms in total. The molecule has 2 aromatic heterocycles. The summed E-state index contributed by atoms with van der Waals surface area (Å²) in [5.74, 6) is -1.53. The van der Waals surface area contributed by atoms with Gasteiger partial charge in [0.2, 0.25) is 0 Å². The molecule has 3 aromatic rings. The van der Waals surface area contributed by atoms with Crippen LogP contribution in [0.4, 0.5) is 5.00 Å². The molecule has 1 aliphatic rings. The zero-order chi connectivity index (χ0) is 22.5. The second-order valence-corrected chi connectivity index (χ2v) is 8.41. The van der Waals surface area contributed by atoms with E-state index in [1.54, 1.807) is 29.9 Å². The van der Waals surface area contributed by atoms with Crippen molar-refractivity contribution in [2.75, 3.05) is 18.5 Å². The molecule has 4 rings (SSSR count). The van der Waals surface area contributed by atoms with E-state index in [4.69, 9.17) is 9.47 Å². The van der Waals surface area contributed by atoms with Crippen molar-refractivity contribution in [1.29, 1.82) is 0 Å². The number of benzene rings is 1. The van der Waals surface area contributed by atoms with Crippen LogP contribution in [0.2, 0.25) is 0 Å². The first-order chi connectivity index (χ1) is 15.5. The van der Waals surface area contributed by atoms with Crippen LogP contribution in [0.3, 0.4) is 0 Å². The van der Waals surface area contributed by atoms with Crippen molar-refractivity contribution in [3.8, 4) is 0 Å². The van der Waals surface area contributed by atoms with Crippen LogP contribution >= 0.6 is 11.3 Å². The number of anilines is 1. The molecule has 0 bridgehead atoms.